The van der Waals surface area contributed by atoms with Gasteiger partial charge < -0.3 is 10.6 Å². The van der Waals surface area contributed by atoms with Gasteiger partial charge in [-0.25, -0.2) is 4.98 Å². The highest BCUT2D eigenvalue weighted by molar-refractivity contribution is 5.92. The average molecular weight is 408 g/mol. The van der Waals surface area contributed by atoms with Crippen LogP contribution in [0.3, 0.4) is 0 Å². The van der Waals surface area contributed by atoms with Gasteiger partial charge in [-0.05, 0) is 30.5 Å². The van der Waals surface area contributed by atoms with Gasteiger partial charge in [0.05, 0.1) is 6.20 Å². The van der Waals surface area contributed by atoms with Crippen molar-refractivity contribution in [2.45, 2.75) is 38.8 Å². The van der Waals surface area contributed by atoms with Crippen LogP contribution in [0.2, 0.25) is 0 Å². The first-order chi connectivity index (χ1) is 14.5. The van der Waals surface area contributed by atoms with E-state index in [4.69, 9.17) is 0 Å². The smallest absolute Gasteiger partial charge is 0.264 e. The Labute approximate surface area is 173 Å². The standard InChI is InChI=1S/C21H24N6O3/c1-26-19-17(11-24-26)21(30)27(13-23-19)12-18(28)22-10-14-5-4-8-16(9-14)25-20(29)15-6-2-3-7-15/h4-5,8-9,11,13,15H,2-3,6-7,10,12H2,1H3,(H,22,28)(H,25,29). The topological polar surface area (TPSA) is 111 Å². The number of fused-ring (bicyclic) bond motifs is 1. The lowest BCUT2D eigenvalue weighted by Crippen LogP contribution is -2.32. The Kier molecular flexibility index (Phi) is 5.60. The maximum atomic E-state index is 12.5. The zero-order valence-electron chi connectivity index (χ0n) is 16.8. The summed E-state index contributed by atoms with van der Waals surface area (Å²) in [4.78, 5) is 41.3. The summed E-state index contributed by atoms with van der Waals surface area (Å²) in [5.41, 5.74) is 1.76. The number of aromatic nitrogens is 4. The first-order valence-corrected chi connectivity index (χ1v) is 10.0. The molecule has 0 spiro atoms. The molecule has 1 aliphatic carbocycles. The number of carbonyl (C=O) groups is 2. The molecule has 9 nitrogen and oxygen atoms in total. The molecule has 0 atom stereocenters. The molecule has 3 aromatic rings. The van der Waals surface area contributed by atoms with Crippen molar-refractivity contribution in [2.24, 2.45) is 13.0 Å². The van der Waals surface area contributed by atoms with Crippen molar-refractivity contribution in [1.82, 2.24) is 24.6 Å². The maximum absolute atomic E-state index is 12.5. The highest BCUT2D eigenvalue weighted by Crippen LogP contribution is 2.26. The van der Waals surface area contributed by atoms with Crippen LogP contribution in [0.15, 0.2) is 41.6 Å². The van der Waals surface area contributed by atoms with Crippen molar-refractivity contribution in [3.63, 3.8) is 0 Å². The fourth-order valence-electron chi connectivity index (χ4n) is 3.78. The Morgan fingerprint density at radius 1 is 1.23 bits per heavy atom. The fraction of sp³-hybridized carbons (Fsp3) is 0.381. The molecule has 0 radical (unpaired) electrons. The van der Waals surface area contributed by atoms with Crippen molar-refractivity contribution in [2.75, 3.05) is 5.32 Å². The number of nitrogens with zero attached hydrogens (tertiary/aromatic N) is 4. The summed E-state index contributed by atoms with van der Waals surface area (Å²) in [7, 11) is 1.70. The summed E-state index contributed by atoms with van der Waals surface area (Å²) in [6.07, 6.45) is 6.91. The summed E-state index contributed by atoms with van der Waals surface area (Å²) in [6.45, 7) is 0.165. The predicted molar refractivity (Wildman–Crippen MR) is 112 cm³/mol. The number of hydrogen-bond acceptors (Lipinski definition) is 5. The van der Waals surface area contributed by atoms with E-state index < -0.39 is 0 Å². The first kappa shape index (κ1) is 19.8. The van der Waals surface area contributed by atoms with Gasteiger partial charge in [-0.2, -0.15) is 5.10 Å². The largest absolute Gasteiger partial charge is 0.350 e. The summed E-state index contributed by atoms with van der Waals surface area (Å²) in [6, 6.07) is 7.41. The van der Waals surface area contributed by atoms with Gasteiger partial charge in [0.25, 0.3) is 5.56 Å². The number of rotatable bonds is 6. The third-order valence-electron chi connectivity index (χ3n) is 5.44. The van der Waals surface area contributed by atoms with Crippen LogP contribution >= 0.6 is 0 Å². The van der Waals surface area contributed by atoms with Crippen LogP contribution in [0.4, 0.5) is 5.69 Å². The van der Waals surface area contributed by atoms with Crippen LogP contribution < -0.4 is 16.2 Å². The first-order valence-electron chi connectivity index (χ1n) is 10.0. The minimum Gasteiger partial charge on any atom is -0.350 e. The van der Waals surface area contributed by atoms with Gasteiger partial charge in [0.1, 0.15) is 18.3 Å². The molecule has 0 saturated heterocycles. The van der Waals surface area contributed by atoms with Gasteiger partial charge in [-0.1, -0.05) is 25.0 Å². The Morgan fingerprint density at radius 2 is 2.03 bits per heavy atom. The maximum Gasteiger partial charge on any atom is 0.264 e. The molecule has 2 N–H and O–H groups in total. The molecule has 30 heavy (non-hydrogen) atoms. The van der Waals surface area contributed by atoms with E-state index in [9.17, 15) is 14.4 Å². The second-order valence-electron chi connectivity index (χ2n) is 7.63. The molecular weight excluding hydrogens is 384 g/mol. The highest BCUT2D eigenvalue weighted by atomic mass is 16.2. The predicted octanol–water partition coefficient (Wildman–Crippen LogP) is 1.58. The monoisotopic (exact) mass is 408 g/mol. The Balaban J connectivity index is 1.35. The molecule has 1 saturated carbocycles. The zero-order chi connectivity index (χ0) is 21.1. The molecule has 1 aromatic carbocycles. The molecule has 4 rings (SSSR count). The molecule has 2 aromatic heterocycles. The molecule has 156 valence electrons. The molecule has 0 unspecified atom stereocenters. The minimum atomic E-state index is -0.306. The summed E-state index contributed by atoms with van der Waals surface area (Å²) >= 11 is 0. The number of anilines is 1. The molecular formula is C21H24N6O3. The lowest BCUT2D eigenvalue weighted by atomic mass is 10.1. The van der Waals surface area contributed by atoms with Gasteiger partial charge in [0, 0.05) is 25.2 Å². The van der Waals surface area contributed by atoms with E-state index in [1.165, 1.54) is 21.8 Å². The molecule has 2 heterocycles. The van der Waals surface area contributed by atoms with E-state index in [1.807, 2.05) is 24.3 Å². The van der Waals surface area contributed by atoms with Gasteiger partial charge in [-0.15, -0.1) is 0 Å². The van der Waals surface area contributed by atoms with Crippen LogP contribution in [-0.4, -0.2) is 31.1 Å². The summed E-state index contributed by atoms with van der Waals surface area (Å²) < 4.78 is 2.78. The van der Waals surface area contributed by atoms with Crippen molar-refractivity contribution < 1.29 is 9.59 Å². The Morgan fingerprint density at radius 3 is 2.83 bits per heavy atom. The quantitative estimate of drug-likeness (QED) is 0.643. The number of amides is 2. The third-order valence-corrected chi connectivity index (χ3v) is 5.44. The van der Waals surface area contributed by atoms with Crippen LogP contribution in [0.1, 0.15) is 31.2 Å². The van der Waals surface area contributed by atoms with Crippen molar-refractivity contribution >= 4 is 28.5 Å². The number of aryl methyl sites for hydroxylation is 1. The Bertz CT molecular complexity index is 1140. The summed E-state index contributed by atoms with van der Waals surface area (Å²) in [5, 5.41) is 10.2. The van der Waals surface area contributed by atoms with Crippen LogP contribution in [-0.2, 0) is 29.7 Å². The normalized spacial score (nSPS) is 14.2. The SMILES string of the molecule is Cn1ncc2c(=O)n(CC(=O)NCc3cccc(NC(=O)C4CCCC4)c3)cnc21. The van der Waals surface area contributed by atoms with E-state index in [0.717, 1.165) is 36.9 Å². The molecule has 0 aliphatic heterocycles. The van der Waals surface area contributed by atoms with Crippen LogP contribution in [0.5, 0.6) is 0 Å². The van der Waals surface area contributed by atoms with E-state index in [-0.39, 0.29) is 29.8 Å². The van der Waals surface area contributed by atoms with Gasteiger partial charge in [-0.3, -0.25) is 23.6 Å². The number of benzene rings is 1. The van der Waals surface area contributed by atoms with Crippen LogP contribution in [0.25, 0.3) is 11.0 Å². The molecule has 2 amide bonds. The van der Waals surface area contributed by atoms with E-state index in [2.05, 4.69) is 20.7 Å². The lowest BCUT2D eigenvalue weighted by Gasteiger charge is -2.12. The van der Waals surface area contributed by atoms with E-state index in [0.29, 0.717) is 17.6 Å². The number of hydrogen-bond donors (Lipinski definition) is 2. The molecule has 0 bridgehead atoms. The molecule has 1 fully saturated rings. The van der Waals surface area contributed by atoms with Crippen molar-refractivity contribution in [3.05, 3.63) is 52.7 Å². The molecule has 1 aliphatic rings. The Hall–Kier alpha value is -3.49. The zero-order valence-corrected chi connectivity index (χ0v) is 16.8. The molecule has 9 heteroatoms. The van der Waals surface area contributed by atoms with Crippen molar-refractivity contribution in [3.8, 4) is 0 Å². The number of carbonyl (C=O) groups excluding carboxylic acids is 2. The lowest BCUT2D eigenvalue weighted by molar-refractivity contribution is -0.122. The fourth-order valence-corrected chi connectivity index (χ4v) is 3.78. The number of nitrogens with one attached hydrogen (secondary N) is 2. The van der Waals surface area contributed by atoms with E-state index in [1.54, 1.807) is 7.05 Å². The van der Waals surface area contributed by atoms with Crippen molar-refractivity contribution in [1.29, 1.82) is 0 Å². The second kappa shape index (κ2) is 8.48. The summed E-state index contributed by atoms with van der Waals surface area (Å²) in [5.74, 6) is -0.147. The van der Waals surface area contributed by atoms with Gasteiger partial charge in [0.2, 0.25) is 11.8 Å². The highest BCUT2D eigenvalue weighted by Gasteiger charge is 2.22. The third kappa shape index (κ3) is 4.24. The van der Waals surface area contributed by atoms with Gasteiger partial charge in [0.15, 0.2) is 5.65 Å². The van der Waals surface area contributed by atoms with Gasteiger partial charge >= 0.3 is 0 Å². The van der Waals surface area contributed by atoms with Crippen LogP contribution in [0, 0.1) is 5.92 Å². The minimum absolute atomic E-state index is 0.0614. The second-order valence-corrected chi connectivity index (χ2v) is 7.63. The van der Waals surface area contributed by atoms with E-state index >= 15 is 0 Å². The average Bonchev–Trinajstić information content (AvgIpc) is 3.40.